The van der Waals surface area contributed by atoms with E-state index in [0.717, 1.165) is 24.2 Å². The summed E-state index contributed by atoms with van der Waals surface area (Å²) >= 11 is 7.56. The molecule has 1 aliphatic rings. The average Bonchev–Trinajstić information content (AvgIpc) is 2.60. The zero-order valence-corrected chi connectivity index (χ0v) is 17.4. The van der Waals surface area contributed by atoms with Gasteiger partial charge in [0.1, 0.15) is 6.10 Å². The molecule has 0 heterocycles. The lowest BCUT2D eigenvalue weighted by atomic mass is 9.75. The molecule has 26 heavy (non-hydrogen) atoms. The van der Waals surface area contributed by atoms with Crippen LogP contribution in [-0.4, -0.2) is 30.9 Å². The fourth-order valence-corrected chi connectivity index (χ4v) is 4.08. The van der Waals surface area contributed by atoms with Crippen LogP contribution in [0.1, 0.15) is 50.4 Å². The number of carbonyl (C=O) groups is 2. The first-order chi connectivity index (χ1) is 12.3. The maximum atomic E-state index is 12.2. The Labute approximate surface area is 165 Å². The normalized spacial score (nSPS) is 22.9. The molecule has 3 atom stereocenters. The molecule has 2 rings (SSSR count). The molecule has 1 saturated carbocycles. The maximum absolute atomic E-state index is 12.2. The van der Waals surface area contributed by atoms with Crippen molar-refractivity contribution in [3.63, 3.8) is 0 Å². The van der Waals surface area contributed by atoms with Gasteiger partial charge in [0, 0.05) is 4.90 Å². The standard InChI is InChI=1S/C20H27ClO4S/c1-12(2)15-7-5-13(3)9-18(15)25-19(22)11-24-20(23)16-10-14(26-4)6-8-17(16)21/h6,8,10,12-13,15,18H,5,7,9,11H2,1-4H3. The van der Waals surface area contributed by atoms with Gasteiger partial charge in [-0.25, -0.2) is 9.59 Å². The molecule has 0 aliphatic heterocycles. The zero-order chi connectivity index (χ0) is 19.3. The van der Waals surface area contributed by atoms with Crippen LogP contribution in [0.15, 0.2) is 23.1 Å². The lowest BCUT2D eigenvalue weighted by Gasteiger charge is -2.36. The monoisotopic (exact) mass is 398 g/mol. The van der Waals surface area contributed by atoms with Crippen molar-refractivity contribution in [2.24, 2.45) is 17.8 Å². The van der Waals surface area contributed by atoms with Crippen LogP contribution >= 0.6 is 23.4 Å². The molecular weight excluding hydrogens is 372 g/mol. The summed E-state index contributed by atoms with van der Waals surface area (Å²) < 4.78 is 10.8. The van der Waals surface area contributed by atoms with Gasteiger partial charge in [-0.2, -0.15) is 0 Å². The highest BCUT2D eigenvalue weighted by molar-refractivity contribution is 7.98. The molecule has 6 heteroatoms. The van der Waals surface area contributed by atoms with E-state index < -0.39 is 18.5 Å². The Kier molecular flexibility index (Phi) is 7.84. The van der Waals surface area contributed by atoms with Crippen LogP contribution in [0.25, 0.3) is 0 Å². The molecule has 0 aromatic heterocycles. The maximum Gasteiger partial charge on any atom is 0.344 e. The second-order valence-electron chi connectivity index (χ2n) is 7.28. The SMILES string of the molecule is CSc1ccc(Cl)c(C(=O)OCC(=O)OC2CC(C)CCC2C(C)C)c1. The predicted molar refractivity (Wildman–Crippen MR) is 105 cm³/mol. The lowest BCUT2D eigenvalue weighted by molar-refractivity contribution is -0.159. The van der Waals surface area contributed by atoms with Crippen molar-refractivity contribution < 1.29 is 19.1 Å². The van der Waals surface area contributed by atoms with Gasteiger partial charge in [0.15, 0.2) is 6.61 Å². The molecule has 3 unspecified atom stereocenters. The van der Waals surface area contributed by atoms with Crippen LogP contribution in [-0.2, 0) is 14.3 Å². The minimum atomic E-state index is -0.611. The van der Waals surface area contributed by atoms with Gasteiger partial charge >= 0.3 is 11.9 Å². The summed E-state index contributed by atoms with van der Waals surface area (Å²) in [7, 11) is 0. The Bertz CT molecular complexity index is 647. The van der Waals surface area contributed by atoms with E-state index in [1.54, 1.807) is 12.1 Å². The van der Waals surface area contributed by atoms with E-state index in [1.165, 1.54) is 11.8 Å². The van der Waals surface area contributed by atoms with E-state index in [2.05, 4.69) is 20.8 Å². The third kappa shape index (κ3) is 5.65. The van der Waals surface area contributed by atoms with Crippen molar-refractivity contribution in [1.29, 1.82) is 0 Å². The third-order valence-corrected chi connectivity index (χ3v) is 6.01. The first-order valence-electron chi connectivity index (χ1n) is 9.02. The largest absolute Gasteiger partial charge is 0.460 e. The third-order valence-electron chi connectivity index (χ3n) is 4.96. The molecule has 0 amide bonds. The fourth-order valence-electron chi connectivity index (χ4n) is 3.44. The molecule has 4 nitrogen and oxygen atoms in total. The quantitative estimate of drug-likeness (QED) is 0.485. The Morgan fingerprint density at radius 2 is 2.04 bits per heavy atom. The van der Waals surface area contributed by atoms with Crippen LogP contribution in [0.3, 0.4) is 0 Å². The summed E-state index contributed by atoms with van der Waals surface area (Å²) in [6.45, 7) is 6.09. The van der Waals surface area contributed by atoms with Gasteiger partial charge in [0.25, 0.3) is 0 Å². The number of hydrogen-bond donors (Lipinski definition) is 0. The molecule has 1 aromatic rings. The topological polar surface area (TPSA) is 52.6 Å². The Hall–Kier alpha value is -1.20. The van der Waals surface area contributed by atoms with Crippen molar-refractivity contribution in [3.05, 3.63) is 28.8 Å². The highest BCUT2D eigenvalue weighted by atomic mass is 35.5. The van der Waals surface area contributed by atoms with Crippen LogP contribution in [0.5, 0.6) is 0 Å². The smallest absolute Gasteiger partial charge is 0.344 e. The Morgan fingerprint density at radius 3 is 2.69 bits per heavy atom. The predicted octanol–water partition coefficient (Wildman–Crippen LogP) is 5.22. The van der Waals surface area contributed by atoms with Gasteiger partial charge in [-0.05, 0) is 55.1 Å². The number of benzene rings is 1. The summed E-state index contributed by atoms with van der Waals surface area (Å²) in [5.74, 6) is 0.244. The van der Waals surface area contributed by atoms with E-state index in [1.807, 2.05) is 12.3 Å². The van der Waals surface area contributed by atoms with Crippen LogP contribution in [0.2, 0.25) is 5.02 Å². The zero-order valence-electron chi connectivity index (χ0n) is 15.8. The van der Waals surface area contributed by atoms with E-state index in [0.29, 0.717) is 22.8 Å². The molecule has 0 N–H and O–H groups in total. The molecule has 144 valence electrons. The molecule has 0 saturated heterocycles. The van der Waals surface area contributed by atoms with Crippen molar-refractivity contribution in [2.75, 3.05) is 12.9 Å². The highest BCUT2D eigenvalue weighted by Gasteiger charge is 2.33. The van der Waals surface area contributed by atoms with E-state index in [-0.39, 0.29) is 11.7 Å². The second-order valence-corrected chi connectivity index (χ2v) is 8.56. The molecule has 1 aliphatic carbocycles. The van der Waals surface area contributed by atoms with Crippen molar-refractivity contribution in [3.8, 4) is 0 Å². The van der Waals surface area contributed by atoms with Gasteiger partial charge < -0.3 is 9.47 Å². The summed E-state index contributed by atoms with van der Waals surface area (Å²) in [6.07, 6.45) is 4.90. The van der Waals surface area contributed by atoms with Gasteiger partial charge in [-0.15, -0.1) is 11.8 Å². The average molecular weight is 399 g/mol. The first-order valence-corrected chi connectivity index (χ1v) is 10.6. The summed E-state index contributed by atoms with van der Waals surface area (Å²) in [6, 6.07) is 5.14. The molecular formula is C20H27ClO4S. The number of hydrogen-bond acceptors (Lipinski definition) is 5. The number of thioether (sulfide) groups is 1. The number of esters is 2. The van der Waals surface area contributed by atoms with Gasteiger partial charge in [-0.1, -0.05) is 38.8 Å². The number of rotatable bonds is 6. The fraction of sp³-hybridized carbons (Fsp3) is 0.600. The summed E-state index contributed by atoms with van der Waals surface area (Å²) in [5, 5.41) is 0.308. The van der Waals surface area contributed by atoms with E-state index >= 15 is 0 Å². The molecule has 1 aromatic carbocycles. The van der Waals surface area contributed by atoms with Gasteiger partial charge in [-0.3, -0.25) is 0 Å². The van der Waals surface area contributed by atoms with Crippen LogP contribution in [0.4, 0.5) is 0 Å². The number of halogens is 1. The minimum Gasteiger partial charge on any atom is -0.460 e. The van der Waals surface area contributed by atoms with Crippen LogP contribution in [0, 0.1) is 17.8 Å². The van der Waals surface area contributed by atoms with Crippen molar-refractivity contribution >= 4 is 35.3 Å². The minimum absolute atomic E-state index is 0.103. The Morgan fingerprint density at radius 1 is 1.31 bits per heavy atom. The van der Waals surface area contributed by atoms with Crippen molar-refractivity contribution in [1.82, 2.24) is 0 Å². The molecule has 0 radical (unpaired) electrons. The highest BCUT2D eigenvalue weighted by Crippen LogP contribution is 2.35. The van der Waals surface area contributed by atoms with Crippen molar-refractivity contribution in [2.45, 2.75) is 51.0 Å². The Balaban J connectivity index is 1.92. The molecule has 1 fully saturated rings. The first kappa shape index (κ1) is 21.1. The van der Waals surface area contributed by atoms with Gasteiger partial charge in [0.2, 0.25) is 0 Å². The number of ether oxygens (including phenoxy) is 2. The molecule has 0 spiro atoms. The summed E-state index contributed by atoms with van der Waals surface area (Å²) in [5.41, 5.74) is 0.262. The second kappa shape index (κ2) is 9.65. The molecule has 0 bridgehead atoms. The summed E-state index contributed by atoms with van der Waals surface area (Å²) in [4.78, 5) is 25.3. The van der Waals surface area contributed by atoms with E-state index in [4.69, 9.17) is 21.1 Å². The van der Waals surface area contributed by atoms with Gasteiger partial charge in [0.05, 0.1) is 10.6 Å². The van der Waals surface area contributed by atoms with Crippen LogP contribution < -0.4 is 0 Å². The lowest BCUT2D eigenvalue weighted by Crippen LogP contribution is -2.36. The van der Waals surface area contributed by atoms with E-state index in [9.17, 15) is 9.59 Å². The number of carbonyl (C=O) groups excluding carboxylic acids is 2.